The zero-order chi connectivity index (χ0) is 13.3. The molecular formula is C13H11BrClFOS. The molecule has 0 aliphatic heterocycles. The topological polar surface area (TPSA) is 20.2 Å². The molecule has 1 atom stereocenters. The van der Waals surface area contributed by atoms with Crippen molar-refractivity contribution in [3.8, 4) is 0 Å². The Morgan fingerprint density at radius 1 is 1.50 bits per heavy atom. The van der Waals surface area contributed by atoms with Gasteiger partial charge in [-0.05, 0) is 51.5 Å². The largest absolute Gasteiger partial charge is 0.387 e. The van der Waals surface area contributed by atoms with Gasteiger partial charge in [0.15, 0.2) is 0 Å². The van der Waals surface area contributed by atoms with Crippen LogP contribution in [0.1, 0.15) is 22.1 Å². The fraction of sp³-hybridized carbons (Fsp3) is 0.231. The van der Waals surface area contributed by atoms with Gasteiger partial charge in [0.25, 0.3) is 0 Å². The summed E-state index contributed by atoms with van der Waals surface area (Å²) in [4.78, 5) is 0.759. The van der Waals surface area contributed by atoms with Crippen LogP contribution < -0.4 is 0 Å². The molecule has 18 heavy (non-hydrogen) atoms. The minimum absolute atomic E-state index is 0.307. The first kappa shape index (κ1) is 14.0. The molecule has 0 spiro atoms. The minimum atomic E-state index is -0.659. The van der Waals surface area contributed by atoms with E-state index in [1.165, 1.54) is 17.4 Å². The van der Waals surface area contributed by atoms with E-state index in [4.69, 9.17) is 11.6 Å². The highest BCUT2D eigenvalue weighted by Crippen LogP contribution is 2.34. The molecule has 0 radical (unpaired) electrons. The van der Waals surface area contributed by atoms with Crippen LogP contribution in [0.5, 0.6) is 0 Å². The molecule has 0 saturated heterocycles. The van der Waals surface area contributed by atoms with Crippen molar-refractivity contribution in [3.63, 3.8) is 0 Å². The SMILES string of the molecule is Cc1csc(C(O)Cc2ccc(F)c(Br)c2)c1Cl. The maximum absolute atomic E-state index is 13.1. The molecule has 0 fully saturated rings. The van der Waals surface area contributed by atoms with Crippen LogP contribution in [0.4, 0.5) is 4.39 Å². The highest BCUT2D eigenvalue weighted by Gasteiger charge is 2.16. The smallest absolute Gasteiger partial charge is 0.137 e. The first-order valence-corrected chi connectivity index (χ1v) is 7.39. The van der Waals surface area contributed by atoms with Gasteiger partial charge >= 0.3 is 0 Å². The molecule has 96 valence electrons. The monoisotopic (exact) mass is 348 g/mol. The van der Waals surface area contributed by atoms with E-state index in [0.29, 0.717) is 15.9 Å². The second-order valence-corrected chi connectivity index (χ2v) is 6.21. The van der Waals surface area contributed by atoms with Crippen molar-refractivity contribution in [2.45, 2.75) is 19.4 Å². The molecule has 2 rings (SSSR count). The van der Waals surface area contributed by atoms with Crippen LogP contribution in [0.15, 0.2) is 28.1 Å². The van der Waals surface area contributed by atoms with Gasteiger partial charge in [-0.3, -0.25) is 0 Å². The molecule has 1 N–H and O–H groups in total. The Labute approximate surface area is 122 Å². The average molecular weight is 350 g/mol. The van der Waals surface area contributed by atoms with Gasteiger partial charge < -0.3 is 5.11 Å². The van der Waals surface area contributed by atoms with E-state index in [-0.39, 0.29) is 5.82 Å². The first-order valence-electron chi connectivity index (χ1n) is 5.34. The molecule has 5 heteroatoms. The van der Waals surface area contributed by atoms with Crippen LogP contribution >= 0.6 is 38.9 Å². The van der Waals surface area contributed by atoms with Crippen LogP contribution in [0.2, 0.25) is 5.02 Å². The number of thiophene rings is 1. The molecule has 1 aromatic heterocycles. The number of aliphatic hydroxyl groups excluding tert-OH is 1. The standard InChI is InChI=1S/C13H11BrClFOS/c1-7-6-18-13(12(7)15)11(17)5-8-2-3-10(16)9(14)4-8/h2-4,6,11,17H,5H2,1H3. The summed E-state index contributed by atoms with van der Waals surface area (Å²) in [6.07, 6.45) is -0.244. The third-order valence-corrected chi connectivity index (χ3v) is 5.06. The molecule has 0 saturated carbocycles. The lowest BCUT2D eigenvalue weighted by Crippen LogP contribution is -2.00. The number of aryl methyl sites for hydroxylation is 1. The first-order chi connectivity index (χ1) is 8.49. The van der Waals surface area contributed by atoms with Crippen molar-refractivity contribution >= 4 is 38.9 Å². The summed E-state index contributed by atoms with van der Waals surface area (Å²) in [6, 6.07) is 4.72. The Morgan fingerprint density at radius 2 is 2.22 bits per heavy atom. The van der Waals surface area contributed by atoms with Crippen molar-refractivity contribution in [2.75, 3.05) is 0 Å². The van der Waals surface area contributed by atoms with Crippen LogP contribution in [0.3, 0.4) is 0 Å². The molecule has 0 aliphatic rings. The lowest BCUT2D eigenvalue weighted by atomic mass is 10.1. The number of rotatable bonds is 3. The van der Waals surface area contributed by atoms with E-state index in [1.54, 1.807) is 12.1 Å². The van der Waals surface area contributed by atoms with Crippen LogP contribution in [0, 0.1) is 12.7 Å². The number of halogens is 3. The normalized spacial score (nSPS) is 12.7. The van der Waals surface area contributed by atoms with Crippen molar-refractivity contribution in [1.29, 1.82) is 0 Å². The summed E-state index contributed by atoms with van der Waals surface area (Å²) >= 11 is 10.7. The highest BCUT2D eigenvalue weighted by atomic mass is 79.9. The van der Waals surface area contributed by atoms with E-state index < -0.39 is 6.10 Å². The summed E-state index contributed by atoms with van der Waals surface area (Å²) < 4.78 is 13.5. The zero-order valence-corrected chi connectivity index (χ0v) is 12.7. The minimum Gasteiger partial charge on any atom is -0.387 e. The summed E-state index contributed by atoms with van der Waals surface area (Å²) in [5.74, 6) is -0.307. The summed E-state index contributed by atoms with van der Waals surface area (Å²) in [5.41, 5.74) is 1.83. The molecule has 1 nitrogen and oxygen atoms in total. The quantitative estimate of drug-likeness (QED) is 0.836. The van der Waals surface area contributed by atoms with Gasteiger partial charge in [0.2, 0.25) is 0 Å². The Morgan fingerprint density at radius 3 is 2.78 bits per heavy atom. The molecule has 2 aromatic rings. The Balaban J connectivity index is 2.18. The fourth-order valence-electron chi connectivity index (χ4n) is 1.66. The van der Waals surface area contributed by atoms with Crippen LogP contribution in [0.25, 0.3) is 0 Å². The highest BCUT2D eigenvalue weighted by molar-refractivity contribution is 9.10. The van der Waals surface area contributed by atoms with Crippen LogP contribution in [-0.4, -0.2) is 5.11 Å². The van der Waals surface area contributed by atoms with Gasteiger partial charge in [-0.15, -0.1) is 11.3 Å². The summed E-state index contributed by atoms with van der Waals surface area (Å²) in [5, 5.41) is 12.7. The Hall–Kier alpha value is -0.420. The van der Waals surface area contributed by atoms with Gasteiger partial charge in [-0.2, -0.15) is 0 Å². The molecule has 0 aliphatic carbocycles. The summed E-state index contributed by atoms with van der Waals surface area (Å²) in [7, 11) is 0. The van der Waals surface area contributed by atoms with E-state index >= 15 is 0 Å². The molecule has 0 amide bonds. The third-order valence-electron chi connectivity index (χ3n) is 2.64. The molecule has 1 aromatic carbocycles. The van der Waals surface area contributed by atoms with E-state index in [9.17, 15) is 9.50 Å². The number of aliphatic hydroxyl groups is 1. The average Bonchev–Trinajstić information content (AvgIpc) is 2.65. The second kappa shape index (κ2) is 5.70. The van der Waals surface area contributed by atoms with E-state index in [0.717, 1.165) is 16.0 Å². The fourth-order valence-corrected chi connectivity index (χ4v) is 3.39. The third kappa shape index (κ3) is 2.94. The van der Waals surface area contributed by atoms with E-state index in [1.807, 2.05) is 12.3 Å². The van der Waals surface area contributed by atoms with E-state index in [2.05, 4.69) is 15.9 Å². The van der Waals surface area contributed by atoms with Gasteiger partial charge in [0.1, 0.15) is 5.82 Å². The lowest BCUT2D eigenvalue weighted by Gasteiger charge is -2.10. The Bertz CT molecular complexity index is 570. The second-order valence-electron chi connectivity index (χ2n) is 4.07. The van der Waals surface area contributed by atoms with Gasteiger partial charge in [-0.1, -0.05) is 17.7 Å². The molecule has 0 bridgehead atoms. The van der Waals surface area contributed by atoms with Crippen LogP contribution in [-0.2, 0) is 6.42 Å². The van der Waals surface area contributed by atoms with Gasteiger partial charge in [-0.25, -0.2) is 4.39 Å². The Kier molecular flexibility index (Phi) is 4.43. The van der Waals surface area contributed by atoms with Crippen molar-refractivity contribution < 1.29 is 9.50 Å². The molecular weight excluding hydrogens is 339 g/mol. The lowest BCUT2D eigenvalue weighted by molar-refractivity contribution is 0.182. The van der Waals surface area contributed by atoms with Crippen molar-refractivity contribution in [3.05, 3.63) is 54.9 Å². The number of hydrogen-bond acceptors (Lipinski definition) is 2. The van der Waals surface area contributed by atoms with Crippen molar-refractivity contribution in [2.24, 2.45) is 0 Å². The molecule has 1 heterocycles. The number of benzene rings is 1. The maximum atomic E-state index is 13.1. The predicted molar refractivity (Wildman–Crippen MR) is 76.8 cm³/mol. The predicted octanol–water partition coefficient (Wildman–Crippen LogP) is 4.89. The van der Waals surface area contributed by atoms with Crippen molar-refractivity contribution in [1.82, 2.24) is 0 Å². The molecule has 1 unspecified atom stereocenters. The number of hydrogen-bond donors (Lipinski definition) is 1. The van der Waals surface area contributed by atoms with Gasteiger partial charge in [0.05, 0.1) is 20.5 Å². The zero-order valence-electron chi connectivity index (χ0n) is 9.58. The van der Waals surface area contributed by atoms with Gasteiger partial charge in [0, 0.05) is 6.42 Å². The summed E-state index contributed by atoms with van der Waals surface area (Å²) in [6.45, 7) is 1.91. The maximum Gasteiger partial charge on any atom is 0.137 e.